The molecule has 0 aliphatic rings. The molecule has 0 radical (unpaired) electrons. The van der Waals surface area contributed by atoms with Gasteiger partial charge in [-0.1, -0.05) is 24.1 Å². The molecule has 4 nitrogen and oxygen atoms in total. The quantitative estimate of drug-likeness (QED) is 0.553. The van der Waals surface area contributed by atoms with E-state index in [1.807, 2.05) is 30.3 Å². The van der Waals surface area contributed by atoms with Crippen LogP contribution in [0.25, 0.3) is 0 Å². The zero-order chi connectivity index (χ0) is 13.5. The van der Waals surface area contributed by atoms with Crippen LogP contribution in [0.3, 0.4) is 0 Å². The lowest BCUT2D eigenvalue weighted by molar-refractivity contribution is 0.0222. The van der Waals surface area contributed by atoms with Gasteiger partial charge in [0.15, 0.2) is 0 Å². The highest BCUT2D eigenvalue weighted by Crippen LogP contribution is 1.93. The standard InChI is InChI=1S/C8H6.C6H14O4/c1-2-8-6-4-3-5-7-8;7-1-3-9-5-6-10-4-2-8/h1,3-7H;7-8H,1-6H2. The summed E-state index contributed by atoms with van der Waals surface area (Å²) in [5, 5.41) is 16.5. The Bertz CT molecular complexity index is 297. The molecule has 100 valence electrons. The third kappa shape index (κ3) is 11.1. The molecule has 0 atom stereocenters. The number of aliphatic hydroxyl groups is 2. The van der Waals surface area contributed by atoms with Gasteiger partial charge in [0.1, 0.15) is 0 Å². The van der Waals surface area contributed by atoms with Crippen molar-refractivity contribution >= 4 is 0 Å². The molecule has 0 spiro atoms. The summed E-state index contributed by atoms with van der Waals surface area (Å²) < 4.78 is 9.75. The summed E-state index contributed by atoms with van der Waals surface area (Å²) in [5.74, 6) is 2.53. The first-order chi connectivity index (χ1) is 8.85. The van der Waals surface area contributed by atoms with Crippen molar-refractivity contribution in [2.24, 2.45) is 0 Å². The van der Waals surface area contributed by atoms with E-state index in [0.29, 0.717) is 26.4 Å². The molecule has 4 heteroatoms. The molecule has 0 amide bonds. The minimum absolute atomic E-state index is 0.0417. The van der Waals surface area contributed by atoms with Crippen LogP contribution in [0.4, 0.5) is 0 Å². The second-order valence-electron chi connectivity index (χ2n) is 3.18. The molecular weight excluding hydrogens is 232 g/mol. The molecule has 0 saturated heterocycles. The Balaban J connectivity index is 0.000000327. The average Bonchev–Trinajstić information content (AvgIpc) is 2.44. The Kier molecular flexibility index (Phi) is 12.6. The van der Waals surface area contributed by atoms with E-state index in [2.05, 4.69) is 5.92 Å². The summed E-state index contributed by atoms with van der Waals surface area (Å²) >= 11 is 0. The summed E-state index contributed by atoms with van der Waals surface area (Å²) in [7, 11) is 0. The highest BCUT2D eigenvalue weighted by atomic mass is 16.5. The van der Waals surface area contributed by atoms with Gasteiger partial charge in [0.25, 0.3) is 0 Å². The highest BCUT2D eigenvalue weighted by molar-refractivity contribution is 5.30. The first kappa shape index (κ1) is 16.6. The SMILES string of the molecule is C#Cc1ccccc1.OCCOCCOCCO. The number of ether oxygens (including phenoxy) is 2. The summed E-state index contributed by atoms with van der Waals surface area (Å²) in [6.45, 7) is 1.73. The number of rotatable bonds is 7. The zero-order valence-corrected chi connectivity index (χ0v) is 10.4. The molecule has 2 N–H and O–H groups in total. The monoisotopic (exact) mass is 252 g/mol. The van der Waals surface area contributed by atoms with Crippen molar-refractivity contribution in [2.75, 3.05) is 39.6 Å². The minimum atomic E-state index is 0.0417. The van der Waals surface area contributed by atoms with E-state index >= 15 is 0 Å². The Labute approximate surface area is 108 Å². The summed E-state index contributed by atoms with van der Waals surface area (Å²) in [5.41, 5.74) is 0.938. The Morgan fingerprint density at radius 3 is 1.72 bits per heavy atom. The lowest BCUT2D eigenvalue weighted by atomic mass is 10.2. The largest absolute Gasteiger partial charge is 0.394 e. The van der Waals surface area contributed by atoms with Crippen molar-refractivity contribution in [2.45, 2.75) is 0 Å². The van der Waals surface area contributed by atoms with E-state index < -0.39 is 0 Å². The first-order valence-electron chi connectivity index (χ1n) is 5.74. The second-order valence-corrected chi connectivity index (χ2v) is 3.18. The van der Waals surface area contributed by atoms with Crippen molar-refractivity contribution in [3.8, 4) is 12.3 Å². The molecule has 0 aliphatic carbocycles. The molecule has 0 saturated carbocycles. The van der Waals surface area contributed by atoms with Gasteiger partial charge in [-0.2, -0.15) is 0 Å². The van der Waals surface area contributed by atoms with Gasteiger partial charge in [0.05, 0.1) is 39.6 Å². The smallest absolute Gasteiger partial charge is 0.0701 e. The van der Waals surface area contributed by atoms with Gasteiger partial charge in [-0.25, -0.2) is 0 Å². The molecule has 0 bridgehead atoms. The Hall–Kier alpha value is -1.38. The molecule has 0 heterocycles. The molecular formula is C14H20O4. The average molecular weight is 252 g/mol. The van der Waals surface area contributed by atoms with Crippen LogP contribution in [-0.4, -0.2) is 49.9 Å². The maximum absolute atomic E-state index is 8.26. The number of aliphatic hydroxyl groups excluding tert-OH is 2. The van der Waals surface area contributed by atoms with Gasteiger partial charge in [-0.3, -0.25) is 0 Å². The molecule has 0 unspecified atom stereocenters. The van der Waals surface area contributed by atoms with Crippen molar-refractivity contribution < 1.29 is 19.7 Å². The van der Waals surface area contributed by atoms with Gasteiger partial charge in [0.2, 0.25) is 0 Å². The van der Waals surface area contributed by atoms with Crippen LogP contribution in [-0.2, 0) is 9.47 Å². The number of hydrogen-bond donors (Lipinski definition) is 2. The van der Waals surface area contributed by atoms with Gasteiger partial charge < -0.3 is 19.7 Å². The predicted molar refractivity (Wildman–Crippen MR) is 70.2 cm³/mol. The minimum Gasteiger partial charge on any atom is -0.394 e. The maximum atomic E-state index is 8.26. The Morgan fingerprint density at radius 1 is 0.889 bits per heavy atom. The van der Waals surface area contributed by atoms with E-state index in [1.165, 1.54) is 0 Å². The molecule has 0 fully saturated rings. The van der Waals surface area contributed by atoms with Crippen molar-refractivity contribution in [1.82, 2.24) is 0 Å². The fourth-order valence-electron chi connectivity index (χ4n) is 0.985. The normalized spacial score (nSPS) is 9.17. The highest BCUT2D eigenvalue weighted by Gasteiger charge is 1.86. The number of hydrogen-bond acceptors (Lipinski definition) is 4. The van der Waals surface area contributed by atoms with Crippen molar-refractivity contribution in [3.63, 3.8) is 0 Å². The van der Waals surface area contributed by atoms with Crippen LogP contribution in [0.1, 0.15) is 5.56 Å². The third-order valence-corrected chi connectivity index (χ3v) is 1.78. The van der Waals surface area contributed by atoms with E-state index in [-0.39, 0.29) is 13.2 Å². The van der Waals surface area contributed by atoms with Crippen molar-refractivity contribution in [3.05, 3.63) is 35.9 Å². The van der Waals surface area contributed by atoms with Crippen molar-refractivity contribution in [1.29, 1.82) is 0 Å². The zero-order valence-electron chi connectivity index (χ0n) is 10.4. The van der Waals surface area contributed by atoms with E-state index in [4.69, 9.17) is 26.1 Å². The third-order valence-electron chi connectivity index (χ3n) is 1.78. The number of terminal acetylenes is 1. The molecule has 0 aromatic heterocycles. The second kappa shape index (κ2) is 13.7. The van der Waals surface area contributed by atoms with E-state index in [1.54, 1.807) is 0 Å². The number of benzene rings is 1. The molecule has 1 aromatic carbocycles. The van der Waals surface area contributed by atoms with Crippen LogP contribution >= 0.6 is 0 Å². The molecule has 0 aliphatic heterocycles. The van der Waals surface area contributed by atoms with Crippen LogP contribution in [0, 0.1) is 12.3 Å². The molecule has 1 rings (SSSR count). The maximum Gasteiger partial charge on any atom is 0.0701 e. The summed E-state index contributed by atoms with van der Waals surface area (Å²) in [6.07, 6.45) is 5.10. The van der Waals surface area contributed by atoms with Crippen LogP contribution in [0.15, 0.2) is 30.3 Å². The fourth-order valence-corrected chi connectivity index (χ4v) is 0.985. The van der Waals surface area contributed by atoms with Gasteiger partial charge in [-0.05, 0) is 12.1 Å². The van der Waals surface area contributed by atoms with E-state index in [9.17, 15) is 0 Å². The van der Waals surface area contributed by atoms with Crippen LogP contribution in [0.2, 0.25) is 0 Å². The summed E-state index contributed by atoms with van der Waals surface area (Å²) in [4.78, 5) is 0. The first-order valence-corrected chi connectivity index (χ1v) is 5.74. The summed E-state index contributed by atoms with van der Waals surface area (Å²) in [6, 6.07) is 9.60. The topological polar surface area (TPSA) is 58.9 Å². The fraction of sp³-hybridized carbons (Fsp3) is 0.429. The molecule has 1 aromatic rings. The van der Waals surface area contributed by atoms with Gasteiger partial charge in [0, 0.05) is 5.56 Å². The Morgan fingerprint density at radius 2 is 1.39 bits per heavy atom. The lowest BCUT2D eigenvalue weighted by Crippen LogP contribution is -2.09. The predicted octanol–water partition coefficient (Wildman–Crippen LogP) is 0.672. The molecule has 18 heavy (non-hydrogen) atoms. The van der Waals surface area contributed by atoms with E-state index in [0.717, 1.165) is 5.56 Å². The van der Waals surface area contributed by atoms with Gasteiger partial charge in [-0.15, -0.1) is 6.42 Å². The van der Waals surface area contributed by atoms with Crippen LogP contribution in [0.5, 0.6) is 0 Å². The lowest BCUT2D eigenvalue weighted by Gasteiger charge is -2.01. The van der Waals surface area contributed by atoms with Crippen LogP contribution < -0.4 is 0 Å². The van der Waals surface area contributed by atoms with Gasteiger partial charge >= 0.3 is 0 Å².